The second kappa shape index (κ2) is 5.78. The van der Waals surface area contributed by atoms with E-state index >= 15 is 0 Å². The molecule has 112 valence electrons. The van der Waals surface area contributed by atoms with Crippen molar-refractivity contribution in [2.45, 2.75) is 18.9 Å². The number of imide groups is 1. The Bertz CT molecular complexity index is 602. The summed E-state index contributed by atoms with van der Waals surface area (Å²) in [4.78, 5) is 35.2. The molecule has 1 aliphatic heterocycles. The molecular formula is C13H16N4O4. The van der Waals surface area contributed by atoms with Crippen LogP contribution in [0.5, 0.6) is 0 Å². The van der Waals surface area contributed by atoms with E-state index in [2.05, 4.69) is 10.6 Å². The lowest BCUT2D eigenvalue weighted by Crippen LogP contribution is -2.48. The highest BCUT2D eigenvalue weighted by atomic mass is 16.6. The lowest BCUT2D eigenvalue weighted by Gasteiger charge is -2.28. The molecule has 1 saturated heterocycles. The van der Waals surface area contributed by atoms with Gasteiger partial charge < -0.3 is 10.6 Å². The number of likely N-dealkylation sites (tertiary alicyclic amines) is 1. The standard InChI is InChI=1S/C13H16N4O4/c1-14-8-4-3-5-9(12(8)17(20)21)15-10-6-7-11(18)16(2)13(10)19/h3-5,10,14-15H,6-7H2,1-2H3. The van der Waals surface area contributed by atoms with Crippen molar-refractivity contribution >= 4 is 28.9 Å². The maximum atomic E-state index is 12.0. The summed E-state index contributed by atoms with van der Waals surface area (Å²) >= 11 is 0. The number of rotatable bonds is 4. The number of carbonyl (C=O) groups excluding carboxylic acids is 2. The van der Waals surface area contributed by atoms with Crippen LogP contribution in [0.15, 0.2) is 18.2 Å². The molecule has 8 nitrogen and oxygen atoms in total. The number of hydrogen-bond donors (Lipinski definition) is 2. The topological polar surface area (TPSA) is 105 Å². The molecule has 1 fully saturated rings. The maximum absolute atomic E-state index is 12.0. The number of hydrogen-bond acceptors (Lipinski definition) is 6. The van der Waals surface area contributed by atoms with Gasteiger partial charge in [-0.25, -0.2) is 0 Å². The van der Waals surface area contributed by atoms with Gasteiger partial charge in [0.2, 0.25) is 5.91 Å². The number of likely N-dealkylation sites (N-methyl/N-ethyl adjacent to an activating group) is 1. The summed E-state index contributed by atoms with van der Waals surface area (Å²) in [5.41, 5.74) is 0.498. The number of nitrogens with one attached hydrogen (secondary N) is 2. The normalized spacial score (nSPS) is 18.6. The summed E-state index contributed by atoms with van der Waals surface area (Å²) in [7, 11) is 3.00. The van der Waals surface area contributed by atoms with Gasteiger partial charge in [0.05, 0.1) is 4.92 Å². The predicted octanol–water partition coefficient (Wildman–Crippen LogP) is 1.20. The third-order valence-corrected chi connectivity index (χ3v) is 3.47. The van der Waals surface area contributed by atoms with Crippen molar-refractivity contribution < 1.29 is 14.5 Å². The first-order chi connectivity index (χ1) is 9.95. The third-order valence-electron chi connectivity index (χ3n) is 3.47. The van der Waals surface area contributed by atoms with E-state index in [-0.39, 0.29) is 29.6 Å². The minimum absolute atomic E-state index is 0.118. The van der Waals surface area contributed by atoms with Gasteiger partial charge in [-0.15, -0.1) is 0 Å². The fourth-order valence-electron chi connectivity index (χ4n) is 2.30. The molecular weight excluding hydrogens is 276 g/mol. The van der Waals surface area contributed by atoms with Crippen molar-refractivity contribution in [1.82, 2.24) is 4.90 Å². The van der Waals surface area contributed by atoms with Crippen molar-refractivity contribution in [3.05, 3.63) is 28.3 Å². The van der Waals surface area contributed by atoms with E-state index in [4.69, 9.17) is 0 Å². The number of nitrogens with zero attached hydrogens (tertiary/aromatic N) is 2. The van der Waals surface area contributed by atoms with E-state index in [0.717, 1.165) is 4.90 Å². The maximum Gasteiger partial charge on any atom is 0.315 e. The van der Waals surface area contributed by atoms with Crippen molar-refractivity contribution in [1.29, 1.82) is 0 Å². The first kappa shape index (κ1) is 14.8. The van der Waals surface area contributed by atoms with E-state index in [1.807, 2.05) is 0 Å². The number of carbonyl (C=O) groups is 2. The largest absolute Gasteiger partial charge is 0.382 e. The van der Waals surface area contributed by atoms with Gasteiger partial charge in [-0.05, 0) is 18.6 Å². The second-order valence-corrected chi connectivity index (χ2v) is 4.74. The van der Waals surface area contributed by atoms with Crippen LogP contribution < -0.4 is 10.6 Å². The molecule has 1 atom stereocenters. The van der Waals surface area contributed by atoms with Crippen molar-refractivity contribution in [2.24, 2.45) is 0 Å². The molecule has 0 aromatic heterocycles. The average Bonchev–Trinajstić information content (AvgIpc) is 2.47. The first-order valence-electron chi connectivity index (χ1n) is 6.47. The van der Waals surface area contributed by atoms with Gasteiger partial charge in [0.25, 0.3) is 5.91 Å². The second-order valence-electron chi connectivity index (χ2n) is 4.74. The number of benzene rings is 1. The Morgan fingerprint density at radius 3 is 2.62 bits per heavy atom. The smallest absolute Gasteiger partial charge is 0.315 e. The number of para-hydroxylation sites is 1. The van der Waals surface area contributed by atoms with Gasteiger partial charge in [-0.2, -0.15) is 0 Å². The molecule has 0 aliphatic carbocycles. The first-order valence-corrected chi connectivity index (χ1v) is 6.47. The summed E-state index contributed by atoms with van der Waals surface area (Å²) in [5.74, 6) is -0.619. The molecule has 1 aromatic rings. The van der Waals surface area contributed by atoms with Crippen LogP contribution in [-0.4, -0.2) is 41.8 Å². The molecule has 2 rings (SSSR count). The highest BCUT2D eigenvalue weighted by molar-refractivity contribution is 6.01. The predicted molar refractivity (Wildman–Crippen MR) is 77.1 cm³/mol. The van der Waals surface area contributed by atoms with Gasteiger partial charge in [0.15, 0.2) is 0 Å². The minimum atomic E-state index is -0.640. The van der Waals surface area contributed by atoms with E-state index in [0.29, 0.717) is 12.1 Å². The van der Waals surface area contributed by atoms with Gasteiger partial charge in [0.1, 0.15) is 17.4 Å². The number of nitro groups is 1. The van der Waals surface area contributed by atoms with Crippen LogP contribution >= 0.6 is 0 Å². The van der Waals surface area contributed by atoms with Gasteiger partial charge in [-0.3, -0.25) is 24.6 Å². The Kier molecular flexibility index (Phi) is 4.06. The zero-order chi connectivity index (χ0) is 15.6. The Morgan fingerprint density at radius 1 is 1.33 bits per heavy atom. The molecule has 0 bridgehead atoms. The Balaban J connectivity index is 2.30. The van der Waals surface area contributed by atoms with E-state index < -0.39 is 11.0 Å². The molecule has 1 aromatic carbocycles. The SMILES string of the molecule is CNc1cccc(NC2CCC(=O)N(C)C2=O)c1[N+](=O)[O-]. The van der Waals surface area contributed by atoms with Gasteiger partial charge in [0, 0.05) is 20.5 Å². The van der Waals surface area contributed by atoms with Crippen LogP contribution in [0.4, 0.5) is 17.1 Å². The molecule has 0 radical (unpaired) electrons. The molecule has 2 amide bonds. The molecule has 8 heteroatoms. The van der Waals surface area contributed by atoms with E-state index in [9.17, 15) is 19.7 Å². The zero-order valence-corrected chi connectivity index (χ0v) is 11.8. The molecule has 0 saturated carbocycles. The lowest BCUT2D eigenvalue weighted by molar-refractivity contribution is -0.383. The summed E-state index contributed by atoms with van der Waals surface area (Å²) in [6.45, 7) is 0. The van der Waals surface area contributed by atoms with Gasteiger partial charge in [-0.1, -0.05) is 6.07 Å². The Morgan fingerprint density at radius 2 is 2.00 bits per heavy atom. The van der Waals surface area contributed by atoms with Crippen LogP contribution in [0, 0.1) is 10.1 Å². The summed E-state index contributed by atoms with van der Waals surface area (Å²) < 4.78 is 0. The highest BCUT2D eigenvalue weighted by Crippen LogP contribution is 2.33. The van der Waals surface area contributed by atoms with Crippen LogP contribution in [0.1, 0.15) is 12.8 Å². The summed E-state index contributed by atoms with van der Waals surface area (Å²) in [5, 5.41) is 16.8. The third kappa shape index (κ3) is 2.78. The monoisotopic (exact) mass is 292 g/mol. The van der Waals surface area contributed by atoms with Crippen LogP contribution in [0.2, 0.25) is 0 Å². The molecule has 0 spiro atoms. The molecule has 1 aliphatic rings. The quantitative estimate of drug-likeness (QED) is 0.491. The fourth-order valence-corrected chi connectivity index (χ4v) is 2.30. The lowest BCUT2D eigenvalue weighted by atomic mass is 10.0. The molecule has 21 heavy (non-hydrogen) atoms. The van der Waals surface area contributed by atoms with Crippen molar-refractivity contribution in [2.75, 3.05) is 24.7 Å². The number of amides is 2. The number of piperidine rings is 1. The average molecular weight is 292 g/mol. The van der Waals surface area contributed by atoms with Crippen molar-refractivity contribution in [3.63, 3.8) is 0 Å². The van der Waals surface area contributed by atoms with E-state index in [1.165, 1.54) is 7.05 Å². The minimum Gasteiger partial charge on any atom is -0.382 e. The molecule has 2 N–H and O–H groups in total. The van der Waals surface area contributed by atoms with Crippen LogP contribution in [-0.2, 0) is 9.59 Å². The van der Waals surface area contributed by atoms with Crippen molar-refractivity contribution in [3.8, 4) is 0 Å². The summed E-state index contributed by atoms with van der Waals surface area (Å²) in [6, 6.07) is 4.15. The van der Waals surface area contributed by atoms with Gasteiger partial charge >= 0.3 is 5.69 Å². The highest BCUT2D eigenvalue weighted by Gasteiger charge is 2.33. The number of anilines is 2. The van der Waals surface area contributed by atoms with Crippen LogP contribution in [0.3, 0.4) is 0 Å². The van der Waals surface area contributed by atoms with E-state index in [1.54, 1.807) is 25.2 Å². The molecule has 1 heterocycles. The summed E-state index contributed by atoms with van der Waals surface area (Å²) in [6.07, 6.45) is 0.558. The Labute approximate surface area is 121 Å². The Hall–Kier alpha value is -2.64. The number of nitro benzene ring substituents is 1. The fraction of sp³-hybridized carbons (Fsp3) is 0.385. The zero-order valence-electron chi connectivity index (χ0n) is 11.8. The molecule has 1 unspecified atom stereocenters. The van der Waals surface area contributed by atoms with Crippen LogP contribution in [0.25, 0.3) is 0 Å².